The highest BCUT2D eigenvalue weighted by molar-refractivity contribution is 5.88. The van der Waals surface area contributed by atoms with Crippen molar-refractivity contribution in [3.8, 4) is 5.69 Å². The predicted octanol–water partition coefficient (Wildman–Crippen LogP) is 1.53. The molecule has 1 N–H and O–H groups in total. The lowest BCUT2D eigenvalue weighted by molar-refractivity contribution is 0.0697. The minimum Gasteiger partial charge on any atom is -0.478 e. The average molecular weight is 217 g/mol. The quantitative estimate of drug-likeness (QED) is 0.846. The van der Waals surface area contributed by atoms with Crippen molar-refractivity contribution in [2.24, 2.45) is 0 Å². The standard InChI is InChI=1S/C11H11N3O2/c1-2-8-7-9(11(15)16)3-4-10(8)14-6-5-12-13-14/h3-7H,2H2,1H3,(H,15,16). The molecule has 0 fully saturated rings. The summed E-state index contributed by atoms with van der Waals surface area (Å²) in [5.74, 6) is -0.917. The topological polar surface area (TPSA) is 68.0 Å². The van der Waals surface area contributed by atoms with Gasteiger partial charge in [0.2, 0.25) is 0 Å². The summed E-state index contributed by atoms with van der Waals surface area (Å²) in [5.41, 5.74) is 2.09. The summed E-state index contributed by atoms with van der Waals surface area (Å²) in [4.78, 5) is 10.8. The molecule has 0 radical (unpaired) electrons. The molecule has 1 heterocycles. The summed E-state index contributed by atoms with van der Waals surface area (Å²) in [7, 11) is 0. The van der Waals surface area contributed by atoms with Gasteiger partial charge in [-0.15, -0.1) is 5.10 Å². The highest BCUT2D eigenvalue weighted by Crippen LogP contribution is 2.16. The Hall–Kier alpha value is -2.17. The van der Waals surface area contributed by atoms with Gasteiger partial charge in [-0.3, -0.25) is 0 Å². The monoisotopic (exact) mass is 217 g/mol. The third-order valence-electron chi connectivity index (χ3n) is 2.38. The maximum Gasteiger partial charge on any atom is 0.335 e. The molecule has 0 atom stereocenters. The molecule has 2 rings (SSSR count). The minimum atomic E-state index is -0.917. The first-order valence-corrected chi connectivity index (χ1v) is 4.95. The van der Waals surface area contributed by atoms with Crippen molar-refractivity contribution in [2.45, 2.75) is 13.3 Å². The van der Waals surface area contributed by atoms with Crippen LogP contribution in [0.3, 0.4) is 0 Å². The molecular formula is C11H11N3O2. The van der Waals surface area contributed by atoms with Gasteiger partial charge in [0.05, 0.1) is 23.6 Å². The fourth-order valence-corrected chi connectivity index (χ4v) is 1.56. The van der Waals surface area contributed by atoms with Gasteiger partial charge < -0.3 is 5.11 Å². The van der Waals surface area contributed by atoms with Gasteiger partial charge in [0, 0.05) is 0 Å². The maximum atomic E-state index is 10.8. The van der Waals surface area contributed by atoms with Crippen LogP contribution < -0.4 is 0 Å². The van der Waals surface area contributed by atoms with Gasteiger partial charge in [0.1, 0.15) is 0 Å². The molecule has 5 nitrogen and oxygen atoms in total. The van der Waals surface area contributed by atoms with Gasteiger partial charge >= 0.3 is 5.97 Å². The third kappa shape index (κ3) is 1.79. The SMILES string of the molecule is CCc1cc(C(=O)O)ccc1-n1ccnn1. The summed E-state index contributed by atoms with van der Waals surface area (Å²) in [6, 6.07) is 4.98. The smallest absolute Gasteiger partial charge is 0.335 e. The van der Waals surface area contributed by atoms with Gasteiger partial charge in [-0.05, 0) is 30.2 Å². The van der Waals surface area contributed by atoms with Gasteiger partial charge in [-0.25, -0.2) is 9.48 Å². The average Bonchev–Trinajstić information content (AvgIpc) is 2.81. The third-order valence-corrected chi connectivity index (χ3v) is 2.38. The van der Waals surface area contributed by atoms with Crippen molar-refractivity contribution in [2.75, 3.05) is 0 Å². The summed E-state index contributed by atoms with van der Waals surface area (Å²) >= 11 is 0. The molecule has 0 saturated heterocycles. The number of carbonyl (C=O) groups is 1. The number of benzene rings is 1. The van der Waals surface area contributed by atoms with Crippen LogP contribution in [-0.4, -0.2) is 26.1 Å². The number of hydrogen-bond acceptors (Lipinski definition) is 3. The van der Waals surface area contributed by atoms with E-state index in [9.17, 15) is 4.79 Å². The fourth-order valence-electron chi connectivity index (χ4n) is 1.56. The van der Waals surface area contributed by atoms with E-state index in [1.54, 1.807) is 35.3 Å². The molecule has 0 aliphatic rings. The second kappa shape index (κ2) is 4.14. The van der Waals surface area contributed by atoms with Crippen LogP contribution >= 0.6 is 0 Å². The number of nitrogens with zero attached hydrogens (tertiary/aromatic N) is 3. The Labute approximate surface area is 92.3 Å². The van der Waals surface area contributed by atoms with Crippen LogP contribution in [0.2, 0.25) is 0 Å². The van der Waals surface area contributed by atoms with Crippen LogP contribution in [0.25, 0.3) is 5.69 Å². The van der Waals surface area contributed by atoms with Crippen LogP contribution in [0.1, 0.15) is 22.8 Å². The second-order valence-electron chi connectivity index (χ2n) is 3.35. The van der Waals surface area contributed by atoms with Crippen molar-refractivity contribution in [1.29, 1.82) is 0 Å². The van der Waals surface area contributed by atoms with Gasteiger partial charge in [-0.1, -0.05) is 12.1 Å². The van der Waals surface area contributed by atoms with Crippen molar-refractivity contribution < 1.29 is 9.90 Å². The van der Waals surface area contributed by atoms with Gasteiger partial charge in [0.15, 0.2) is 0 Å². The maximum absolute atomic E-state index is 10.8. The largest absolute Gasteiger partial charge is 0.478 e. The first kappa shape index (κ1) is 10.4. The molecular weight excluding hydrogens is 206 g/mol. The number of rotatable bonds is 3. The summed E-state index contributed by atoms with van der Waals surface area (Å²) in [6.45, 7) is 1.97. The molecule has 0 aliphatic heterocycles. The predicted molar refractivity (Wildman–Crippen MR) is 57.7 cm³/mol. The van der Waals surface area contributed by atoms with Crippen LogP contribution in [0.15, 0.2) is 30.6 Å². The Balaban J connectivity index is 2.51. The van der Waals surface area contributed by atoms with E-state index in [-0.39, 0.29) is 0 Å². The van der Waals surface area contributed by atoms with Crippen molar-refractivity contribution in [1.82, 2.24) is 15.0 Å². The molecule has 0 saturated carbocycles. The lowest BCUT2D eigenvalue weighted by Gasteiger charge is -2.07. The number of aromatic nitrogens is 3. The highest BCUT2D eigenvalue weighted by atomic mass is 16.4. The minimum absolute atomic E-state index is 0.292. The number of carboxylic acids is 1. The molecule has 5 heteroatoms. The van der Waals surface area contributed by atoms with Crippen LogP contribution in [0.5, 0.6) is 0 Å². The first-order valence-electron chi connectivity index (χ1n) is 4.95. The number of aryl methyl sites for hydroxylation is 1. The van der Waals surface area contributed by atoms with Crippen molar-refractivity contribution >= 4 is 5.97 Å². The first-order chi connectivity index (χ1) is 7.72. The van der Waals surface area contributed by atoms with Crippen LogP contribution in [-0.2, 0) is 6.42 Å². The van der Waals surface area contributed by atoms with Crippen molar-refractivity contribution in [3.05, 3.63) is 41.7 Å². The van der Waals surface area contributed by atoms with Gasteiger partial charge in [0.25, 0.3) is 0 Å². The molecule has 0 bridgehead atoms. The van der Waals surface area contributed by atoms with Crippen LogP contribution in [0, 0.1) is 0 Å². The number of carboxylic acid groups (broad SMARTS) is 1. The zero-order valence-electron chi connectivity index (χ0n) is 8.79. The van der Waals surface area contributed by atoms with E-state index in [4.69, 9.17) is 5.11 Å². The Morgan fingerprint density at radius 1 is 1.50 bits per heavy atom. The van der Waals surface area contributed by atoms with Crippen LogP contribution in [0.4, 0.5) is 0 Å². The van der Waals surface area contributed by atoms with E-state index in [1.165, 1.54) is 0 Å². The molecule has 82 valence electrons. The fraction of sp³-hybridized carbons (Fsp3) is 0.182. The Bertz CT molecular complexity index is 506. The van der Waals surface area contributed by atoms with E-state index in [0.717, 1.165) is 17.7 Å². The van der Waals surface area contributed by atoms with E-state index in [2.05, 4.69) is 10.3 Å². The lowest BCUT2D eigenvalue weighted by atomic mass is 10.1. The second-order valence-corrected chi connectivity index (χ2v) is 3.35. The zero-order valence-corrected chi connectivity index (χ0v) is 8.79. The Kier molecular flexibility index (Phi) is 2.68. The van der Waals surface area contributed by atoms with E-state index in [1.807, 2.05) is 6.92 Å². The summed E-state index contributed by atoms with van der Waals surface area (Å²) < 4.78 is 1.63. The number of aromatic carboxylic acids is 1. The number of hydrogen-bond donors (Lipinski definition) is 1. The van der Waals surface area contributed by atoms with E-state index in [0.29, 0.717) is 5.56 Å². The lowest BCUT2D eigenvalue weighted by Crippen LogP contribution is -2.03. The van der Waals surface area contributed by atoms with E-state index >= 15 is 0 Å². The molecule has 1 aromatic heterocycles. The Morgan fingerprint density at radius 2 is 2.31 bits per heavy atom. The Morgan fingerprint density at radius 3 is 2.88 bits per heavy atom. The van der Waals surface area contributed by atoms with Gasteiger partial charge in [-0.2, -0.15) is 0 Å². The summed E-state index contributed by atoms with van der Waals surface area (Å²) in [5, 5.41) is 16.5. The summed E-state index contributed by atoms with van der Waals surface area (Å²) in [6.07, 6.45) is 4.07. The molecule has 0 unspecified atom stereocenters. The molecule has 0 amide bonds. The highest BCUT2D eigenvalue weighted by Gasteiger charge is 2.08. The molecule has 1 aromatic carbocycles. The molecule has 2 aromatic rings. The van der Waals surface area contributed by atoms with Crippen molar-refractivity contribution in [3.63, 3.8) is 0 Å². The molecule has 0 spiro atoms. The molecule has 0 aliphatic carbocycles. The normalized spacial score (nSPS) is 10.3. The zero-order chi connectivity index (χ0) is 11.5. The van der Waals surface area contributed by atoms with E-state index < -0.39 is 5.97 Å². The molecule has 16 heavy (non-hydrogen) atoms.